The molecule has 1 atom stereocenters. The average Bonchev–Trinajstić information content (AvgIpc) is 2.21. The van der Waals surface area contributed by atoms with E-state index >= 15 is 0 Å². The third-order valence-corrected chi connectivity index (χ3v) is 2.38. The highest BCUT2D eigenvalue weighted by molar-refractivity contribution is 5.78. The van der Waals surface area contributed by atoms with Gasteiger partial charge in [0, 0.05) is 0 Å². The molecule has 0 fully saturated rings. The summed E-state index contributed by atoms with van der Waals surface area (Å²) in [4.78, 5) is 33.2. The van der Waals surface area contributed by atoms with Crippen molar-refractivity contribution in [3.05, 3.63) is 0 Å². The quantitative estimate of drug-likeness (QED) is 0.345. The van der Waals surface area contributed by atoms with E-state index in [0.29, 0.717) is 13.0 Å². The fraction of sp³-hybridized carbons (Fsp3) is 0.700. The van der Waals surface area contributed by atoms with Crippen LogP contribution in [0.25, 0.3) is 0 Å². The van der Waals surface area contributed by atoms with Gasteiger partial charge in [0.15, 0.2) is 0 Å². The van der Waals surface area contributed by atoms with Gasteiger partial charge in [0.1, 0.15) is 6.04 Å². The highest BCUT2D eigenvalue weighted by atomic mass is 16.4. The van der Waals surface area contributed by atoms with Gasteiger partial charge in [-0.05, 0) is 19.3 Å². The first-order valence-corrected chi connectivity index (χ1v) is 5.58. The molecule has 0 rings (SSSR count). The van der Waals surface area contributed by atoms with Crippen LogP contribution in [-0.4, -0.2) is 63.8 Å². The van der Waals surface area contributed by atoms with Gasteiger partial charge < -0.3 is 21.1 Å². The first kappa shape index (κ1) is 16.3. The lowest BCUT2D eigenvalue weighted by atomic mass is 10.1. The summed E-state index contributed by atoms with van der Waals surface area (Å²) < 4.78 is 0. The molecule has 0 heterocycles. The molecule has 0 aromatic rings. The standard InChI is InChI=1S/C10H18N2O6/c11-4-2-1-3-7(10(17)18)12(5-8(13)14)6-9(15)16/h7H,1-6,11H2,(H,13,14)(H,15,16)(H,17,18)/p+1. The SMILES string of the molecule is [NH3+]CCCCC(C(=O)O)N(CC(=O)O)CC(=O)O. The van der Waals surface area contributed by atoms with Gasteiger partial charge in [-0.2, -0.15) is 0 Å². The van der Waals surface area contributed by atoms with Crippen LogP contribution >= 0.6 is 0 Å². The molecule has 0 aromatic carbocycles. The molecule has 0 bridgehead atoms. The maximum Gasteiger partial charge on any atom is 0.320 e. The maximum atomic E-state index is 11.1. The van der Waals surface area contributed by atoms with Crippen LogP contribution in [0.1, 0.15) is 19.3 Å². The molecule has 0 aliphatic heterocycles. The molecule has 0 radical (unpaired) electrons. The third-order valence-electron chi connectivity index (χ3n) is 2.38. The zero-order valence-electron chi connectivity index (χ0n) is 10.0. The zero-order valence-corrected chi connectivity index (χ0v) is 10.0. The number of nitrogens with zero attached hydrogens (tertiary/aromatic N) is 1. The Balaban J connectivity index is 4.67. The summed E-state index contributed by atoms with van der Waals surface area (Å²) in [5.41, 5.74) is 3.62. The van der Waals surface area contributed by atoms with E-state index in [1.807, 2.05) is 0 Å². The Morgan fingerprint density at radius 2 is 1.50 bits per heavy atom. The van der Waals surface area contributed by atoms with Gasteiger partial charge >= 0.3 is 17.9 Å². The minimum Gasteiger partial charge on any atom is -0.480 e. The number of hydrogen-bond acceptors (Lipinski definition) is 4. The second-order valence-electron chi connectivity index (χ2n) is 3.90. The van der Waals surface area contributed by atoms with Crippen molar-refractivity contribution in [2.24, 2.45) is 0 Å². The molecular formula is C10H19N2O6+. The van der Waals surface area contributed by atoms with Gasteiger partial charge in [0.05, 0.1) is 19.6 Å². The Hall–Kier alpha value is -1.67. The highest BCUT2D eigenvalue weighted by Crippen LogP contribution is 2.09. The molecule has 0 aliphatic rings. The van der Waals surface area contributed by atoms with Crippen LogP contribution < -0.4 is 5.73 Å². The Labute approximate surface area is 104 Å². The minimum atomic E-state index is -1.25. The molecular weight excluding hydrogens is 244 g/mol. The van der Waals surface area contributed by atoms with Crippen molar-refractivity contribution >= 4 is 17.9 Å². The monoisotopic (exact) mass is 263 g/mol. The van der Waals surface area contributed by atoms with Crippen molar-refractivity contribution in [1.82, 2.24) is 4.90 Å². The molecule has 0 amide bonds. The van der Waals surface area contributed by atoms with Crippen molar-refractivity contribution in [2.45, 2.75) is 25.3 Å². The Kier molecular flexibility index (Phi) is 7.64. The van der Waals surface area contributed by atoms with E-state index in [1.165, 1.54) is 0 Å². The van der Waals surface area contributed by atoms with Crippen molar-refractivity contribution in [2.75, 3.05) is 19.6 Å². The Morgan fingerprint density at radius 3 is 1.83 bits per heavy atom. The first-order valence-electron chi connectivity index (χ1n) is 5.58. The zero-order chi connectivity index (χ0) is 14.1. The van der Waals surface area contributed by atoms with Crippen molar-refractivity contribution in [1.29, 1.82) is 0 Å². The van der Waals surface area contributed by atoms with Crippen LogP contribution in [0, 0.1) is 0 Å². The van der Waals surface area contributed by atoms with Gasteiger partial charge in [0.2, 0.25) is 0 Å². The lowest BCUT2D eigenvalue weighted by molar-refractivity contribution is -0.368. The second kappa shape index (κ2) is 8.43. The van der Waals surface area contributed by atoms with Crippen LogP contribution in [0.3, 0.4) is 0 Å². The number of hydrogen-bond donors (Lipinski definition) is 4. The lowest BCUT2D eigenvalue weighted by Gasteiger charge is -2.25. The normalized spacial score (nSPS) is 12.3. The van der Waals surface area contributed by atoms with E-state index in [1.54, 1.807) is 0 Å². The molecule has 0 aromatic heterocycles. The summed E-state index contributed by atoms with van der Waals surface area (Å²) in [5.74, 6) is -3.71. The van der Waals surface area contributed by atoms with Crippen LogP contribution in [0.2, 0.25) is 0 Å². The summed E-state index contributed by atoms with van der Waals surface area (Å²) in [6.07, 6.45) is 1.50. The predicted molar refractivity (Wildman–Crippen MR) is 59.9 cm³/mol. The van der Waals surface area contributed by atoms with Gasteiger partial charge in [-0.25, -0.2) is 0 Å². The minimum absolute atomic E-state index is 0.214. The lowest BCUT2D eigenvalue weighted by Crippen LogP contribution is -2.50. The van der Waals surface area contributed by atoms with Crippen molar-refractivity contribution in [3.8, 4) is 0 Å². The molecule has 8 nitrogen and oxygen atoms in total. The molecule has 8 heteroatoms. The second-order valence-corrected chi connectivity index (χ2v) is 3.90. The fourth-order valence-corrected chi connectivity index (χ4v) is 1.60. The number of rotatable bonds is 10. The van der Waals surface area contributed by atoms with E-state index in [2.05, 4.69) is 5.73 Å². The molecule has 0 saturated carbocycles. The van der Waals surface area contributed by atoms with Crippen LogP contribution in [0.5, 0.6) is 0 Å². The largest absolute Gasteiger partial charge is 0.480 e. The van der Waals surface area contributed by atoms with Gasteiger partial charge in [-0.3, -0.25) is 19.3 Å². The number of unbranched alkanes of at least 4 members (excludes halogenated alkanes) is 1. The third kappa shape index (κ3) is 6.81. The van der Waals surface area contributed by atoms with Gasteiger partial charge in [-0.15, -0.1) is 0 Å². The summed E-state index contributed by atoms with van der Waals surface area (Å²) in [5, 5.41) is 26.3. The van der Waals surface area contributed by atoms with Gasteiger partial charge in [0.25, 0.3) is 0 Å². The van der Waals surface area contributed by atoms with E-state index in [-0.39, 0.29) is 6.42 Å². The Bertz CT molecular complexity index is 291. The maximum absolute atomic E-state index is 11.1. The smallest absolute Gasteiger partial charge is 0.320 e. The first-order chi connectivity index (χ1) is 8.38. The summed E-state index contributed by atoms with van der Waals surface area (Å²) >= 11 is 0. The number of aliphatic carboxylic acids is 3. The van der Waals surface area contributed by atoms with Crippen LogP contribution in [0.15, 0.2) is 0 Å². The molecule has 0 spiro atoms. The molecule has 0 saturated heterocycles. The number of quaternary nitrogens is 1. The van der Waals surface area contributed by atoms with E-state index in [0.717, 1.165) is 11.3 Å². The highest BCUT2D eigenvalue weighted by Gasteiger charge is 2.28. The molecule has 104 valence electrons. The molecule has 18 heavy (non-hydrogen) atoms. The van der Waals surface area contributed by atoms with Gasteiger partial charge in [-0.1, -0.05) is 0 Å². The van der Waals surface area contributed by atoms with E-state index < -0.39 is 37.0 Å². The summed E-state index contributed by atoms with van der Waals surface area (Å²) in [6.45, 7) is -0.550. The number of carboxylic acids is 3. The van der Waals surface area contributed by atoms with Crippen LogP contribution in [0.4, 0.5) is 0 Å². The Morgan fingerprint density at radius 1 is 1.00 bits per heavy atom. The molecule has 1 unspecified atom stereocenters. The number of carboxylic acid groups (broad SMARTS) is 3. The van der Waals surface area contributed by atoms with Crippen molar-refractivity contribution < 1.29 is 35.4 Å². The average molecular weight is 263 g/mol. The summed E-state index contributed by atoms with van der Waals surface area (Å²) in [6, 6.07) is -1.09. The van der Waals surface area contributed by atoms with E-state index in [4.69, 9.17) is 15.3 Å². The molecule has 0 aliphatic carbocycles. The summed E-state index contributed by atoms with van der Waals surface area (Å²) in [7, 11) is 0. The predicted octanol–water partition coefficient (Wildman–Crippen LogP) is -1.68. The van der Waals surface area contributed by atoms with Crippen LogP contribution in [-0.2, 0) is 14.4 Å². The van der Waals surface area contributed by atoms with Crippen molar-refractivity contribution in [3.63, 3.8) is 0 Å². The topological polar surface area (TPSA) is 143 Å². The number of carbonyl (C=O) groups is 3. The fourth-order valence-electron chi connectivity index (χ4n) is 1.60. The molecule has 6 N–H and O–H groups in total. The van der Waals surface area contributed by atoms with E-state index in [9.17, 15) is 14.4 Å².